The number of likely N-dealkylation sites (N-methyl/N-ethyl adjacent to an activating group) is 1. The van der Waals surface area contributed by atoms with Crippen molar-refractivity contribution in [1.82, 2.24) is 0 Å². The van der Waals surface area contributed by atoms with Crippen LogP contribution in [0.1, 0.15) is 18.1 Å². The lowest BCUT2D eigenvalue weighted by atomic mass is 10.1. The first-order chi connectivity index (χ1) is 11.9. The van der Waals surface area contributed by atoms with Crippen LogP contribution in [0.15, 0.2) is 48.5 Å². The average molecular weight is 337 g/mol. The van der Waals surface area contributed by atoms with Gasteiger partial charge in [0, 0.05) is 25.3 Å². The van der Waals surface area contributed by atoms with Gasteiger partial charge < -0.3 is 15.1 Å². The standard InChI is InChI=1S/C20H24N4O/c1-15(20(25)22-19-8-6-5-7-17(19)13-21)24(4)14-16-9-11-18(12-10-16)23(2)3/h5-12,15H,14H2,1-4H3,(H,22,25)/p+1/t15-/m1/s1. The van der Waals surface area contributed by atoms with Crippen molar-refractivity contribution in [2.24, 2.45) is 0 Å². The number of amides is 1. The van der Waals surface area contributed by atoms with Crippen molar-refractivity contribution in [3.05, 3.63) is 59.7 Å². The molecule has 2 rings (SSSR count). The minimum absolute atomic E-state index is 0.0925. The molecule has 2 N–H and O–H groups in total. The summed E-state index contributed by atoms with van der Waals surface area (Å²) >= 11 is 0. The van der Waals surface area contributed by atoms with Gasteiger partial charge in [-0.05, 0) is 31.2 Å². The van der Waals surface area contributed by atoms with Crippen LogP contribution in [0.3, 0.4) is 0 Å². The quantitative estimate of drug-likeness (QED) is 0.843. The van der Waals surface area contributed by atoms with E-state index in [9.17, 15) is 4.79 Å². The number of hydrogen-bond acceptors (Lipinski definition) is 3. The first-order valence-corrected chi connectivity index (χ1v) is 8.31. The number of nitrogens with one attached hydrogen (secondary N) is 2. The second kappa shape index (κ2) is 8.32. The summed E-state index contributed by atoms with van der Waals surface area (Å²) in [5.41, 5.74) is 3.37. The Hall–Kier alpha value is -2.84. The van der Waals surface area contributed by atoms with Crippen molar-refractivity contribution in [3.8, 4) is 6.07 Å². The number of carbonyl (C=O) groups excluding carboxylic acids is 1. The average Bonchev–Trinajstić information content (AvgIpc) is 2.61. The Morgan fingerprint density at radius 2 is 1.84 bits per heavy atom. The van der Waals surface area contributed by atoms with Gasteiger partial charge in [0.1, 0.15) is 12.6 Å². The van der Waals surface area contributed by atoms with Crippen LogP contribution in [0.4, 0.5) is 11.4 Å². The lowest BCUT2D eigenvalue weighted by molar-refractivity contribution is -0.907. The van der Waals surface area contributed by atoms with E-state index in [0.29, 0.717) is 11.3 Å². The minimum atomic E-state index is -0.236. The SMILES string of the molecule is C[C@H](C(=O)Nc1ccccc1C#N)[NH+](C)Cc1ccc(N(C)C)cc1. The summed E-state index contributed by atoms with van der Waals surface area (Å²) in [6.07, 6.45) is 0. The molecule has 1 amide bonds. The van der Waals surface area contributed by atoms with Crippen molar-refractivity contribution >= 4 is 17.3 Å². The van der Waals surface area contributed by atoms with Gasteiger partial charge in [0.05, 0.1) is 18.3 Å². The molecule has 5 nitrogen and oxygen atoms in total. The largest absolute Gasteiger partial charge is 0.378 e. The molecule has 2 atom stereocenters. The highest BCUT2D eigenvalue weighted by molar-refractivity contribution is 5.94. The molecule has 0 aromatic heterocycles. The first-order valence-electron chi connectivity index (χ1n) is 8.31. The van der Waals surface area contributed by atoms with Crippen molar-refractivity contribution in [3.63, 3.8) is 0 Å². The molecule has 0 fully saturated rings. The van der Waals surface area contributed by atoms with E-state index in [4.69, 9.17) is 5.26 Å². The zero-order valence-corrected chi connectivity index (χ0v) is 15.2. The Kier molecular flexibility index (Phi) is 6.15. The highest BCUT2D eigenvalue weighted by atomic mass is 16.2. The maximum Gasteiger partial charge on any atom is 0.282 e. The summed E-state index contributed by atoms with van der Waals surface area (Å²) < 4.78 is 0. The fraction of sp³-hybridized carbons (Fsp3) is 0.300. The molecule has 2 aromatic rings. The third-order valence-electron chi connectivity index (χ3n) is 4.37. The molecule has 0 saturated heterocycles. The molecule has 0 aliphatic rings. The molecule has 1 unspecified atom stereocenters. The van der Waals surface area contributed by atoms with E-state index in [2.05, 4.69) is 40.6 Å². The van der Waals surface area contributed by atoms with E-state index < -0.39 is 0 Å². The van der Waals surface area contributed by atoms with Gasteiger partial charge in [-0.1, -0.05) is 24.3 Å². The van der Waals surface area contributed by atoms with Gasteiger partial charge in [0.25, 0.3) is 5.91 Å². The van der Waals surface area contributed by atoms with Crippen molar-refractivity contribution in [2.45, 2.75) is 19.5 Å². The molecule has 0 heterocycles. The topological polar surface area (TPSA) is 60.6 Å². The highest BCUT2D eigenvalue weighted by Crippen LogP contribution is 2.14. The van der Waals surface area contributed by atoms with Gasteiger partial charge in [0.2, 0.25) is 0 Å². The van der Waals surface area contributed by atoms with E-state index >= 15 is 0 Å². The smallest absolute Gasteiger partial charge is 0.282 e. The van der Waals surface area contributed by atoms with Crippen molar-refractivity contribution in [1.29, 1.82) is 5.26 Å². The molecule has 0 bridgehead atoms. The number of quaternary nitrogens is 1. The van der Waals surface area contributed by atoms with Crippen LogP contribution in [0.25, 0.3) is 0 Å². The summed E-state index contributed by atoms with van der Waals surface area (Å²) in [5.74, 6) is -0.0925. The van der Waals surface area contributed by atoms with Crippen LogP contribution in [0, 0.1) is 11.3 Å². The molecule has 0 aliphatic carbocycles. The number of para-hydroxylation sites is 1. The Balaban J connectivity index is 2.00. The summed E-state index contributed by atoms with van der Waals surface area (Å²) in [6, 6.07) is 17.2. The third kappa shape index (κ3) is 4.82. The Morgan fingerprint density at radius 1 is 1.20 bits per heavy atom. The predicted molar refractivity (Wildman–Crippen MR) is 101 cm³/mol. The summed E-state index contributed by atoms with van der Waals surface area (Å²) in [6.45, 7) is 2.65. The molecule has 25 heavy (non-hydrogen) atoms. The maximum absolute atomic E-state index is 12.5. The zero-order valence-electron chi connectivity index (χ0n) is 15.2. The number of nitrogens with zero attached hydrogens (tertiary/aromatic N) is 2. The number of anilines is 2. The molecule has 0 saturated carbocycles. The monoisotopic (exact) mass is 337 g/mol. The first kappa shape index (κ1) is 18.5. The van der Waals surface area contributed by atoms with E-state index in [1.807, 2.05) is 34.1 Å². The minimum Gasteiger partial charge on any atom is -0.378 e. The number of rotatable bonds is 6. The fourth-order valence-corrected chi connectivity index (χ4v) is 2.54. The van der Waals surface area contributed by atoms with Crippen LogP contribution in [0.2, 0.25) is 0 Å². The van der Waals surface area contributed by atoms with Crippen LogP contribution < -0.4 is 15.1 Å². The molecule has 0 radical (unpaired) electrons. The van der Waals surface area contributed by atoms with E-state index in [1.165, 1.54) is 5.56 Å². The van der Waals surface area contributed by atoms with Crippen LogP contribution in [-0.4, -0.2) is 33.1 Å². The maximum atomic E-state index is 12.5. The Bertz CT molecular complexity index is 762. The summed E-state index contributed by atoms with van der Waals surface area (Å²) in [4.78, 5) is 15.7. The molecule has 5 heteroatoms. The van der Waals surface area contributed by atoms with Gasteiger partial charge >= 0.3 is 0 Å². The van der Waals surface area contributed by atoms with Crippen molar-refractivity contribution in [2.75, 3.05) is 31.4 Å². The fourth-order valence-electron chi connectivity index (χ4n) is 2.54. The van der Waals surface area contributed by atoms with Crippen LogP contribution in [-0.2, 0) is 11.3 Å². The van der Waals surface area contributed by atoms with E-state index in [1.54, 1.807) is 18.2 Å². The Labute approximate surface area is 149 Å². The molecular weight excluding hydrogens is 312 g/mol. The van der Waals surface area contributed by atoms with Crippen LogP contribution >= 0.6 is 0 Å². The number of benzene rings is 2. The van der Waals surface area contributed by atoms with E-state index in [0.717, 1.165) is 17.1 Å². The number of carbonyl (C=O) groups is 1. The Morgan fingerprint density at radius 3 is 2.44 bits per heavy atom. The van der Waals surface area contributed by atoms with Gasteiger partial charge in [-0.2, -0.15) is 5.26 Å². The van der Waals surface area contributed by atoms with Gasteiger partial charge in [-0.15, -0.1) is 0 Å². The van der Waals surface area contributed by atoms with Crippen molar-refractivity contribution < 1.29 is 9.69 Å². The number of hydrogen-bond donors (Lipinski definition) is 2. The molecule has 130 valence electrons. The number of nitriles is 1. The van der Waals surface area contributed by atoms with Crippen LogP contribution in [0.5, 0.6) is 0 Å². The van der Waals surface area contributed by atoms with Gasteiger partial charge in [-0.25, -0.2) is 0 Å². The second-order valence-electron chi connectivity index (χ2n) is 6.45. The van der Waals surface area contributed by atoms with E-state index in [-0.39, 0.29) is 11.9 Å². The molecular formula is C20H25N4O+. The lowest BCUT2D eigenvalue weighted by Gasteiger charge is -2.22. The lowest BCUT2D eigenvalue weighted by Crippen LogP contribution is -3.12. The summed E-state index contributed by atoms with van der Waals surface area (Å²) in [5, 5.41) is 12.0. The second-order valence-corrected chi connectivity index (χ2v) is 6.45. The molecule has 0 spiro atoms. The predicted octanol–water partition coefficient (Wildman–Crippen LogP) is 1.67. The van der Waals surface area contributed by atoms with Gasteiger partial charge in [0.15, 0.2) is 6.04 Å². The molecule has 0 aliphatic heterocycles. The van der Waals surface area contributed by atoms with Gasteiger partial charge in [-0.3, -0.25) is 4.79 Å². The highest BCUT2D eigenvalue weighted by Gasteiger charge is 2.22. The zero-order chi connectivity index (χ0) is 18.4. The normalized spacial score (nSPS) is 12.8. The summed E-state index contributed by atoms with van der Waals surface area (Å²) in [7, 11) is 6.02. The molecule has 2 aromatic carbocycles. The third-order valence-corrected chi connectivity index (χ3v) is 4.37.